The summed E-state index contributed by atoms with van der Waals surface area (Å²) in [4.78, 5) is 33.7. The number of allylic oxidation sites excluding steroid dienone is 3. The van der Waals surface area contributed by atoms with Gasteiger partial charge in [0.1, 0.15) is 24.3 Å². The molecule has 41 heavy (non-hydrogen) atoms. The summed E-state index contributed by atoms with van der Waals surface area (Å²) >= 11 is 0. The zero-order valence-corrected chi connectivity index (χ0v) is 25.1. The van der Waals surface area contributed by atoms with Crippen molar-refractivity contribution in [2.45, 2.75) is 63.9 Å². The number of aromatic nitrogens is 2. The van der Waals surface area contributed by atoms with E-state index in [0.717, 1.165) is 73.1 Å². The SMILES string of the molecule is COCC(NCc1ccc2c(c1)nc(C(/C=C(/C)C=O)=C/N(C)C)n2CC1COCCN1C)C(=O)OC1CCCC1. The van der Waals surface area contributed by atoms with Crippen molar-refractivity contribution in [1.82, 2.24) is 24.7 Å². The van der Waals surface area contributed by atoms with E-state index in [2.05, 4.69) is 40.0 Å². The number of likely N-dealkylation sites (N-methyl/N-ethyl adjacent to an activating group) is 1. The largest absolute Gasteiger partial charge is 0.461 e. The maximum atomic E-state index is 12.8. The van der Waals surface area contributed by atoms with Crippen LogP contribution < -0.4 is 5.32 Å². The number of benzene rings is 1. The number of aldehydes is 1. The first-order valence-electron chi connectivity index (χ1n) is 14.5. The number of hydrogen-bond donors (Lipinski definition) is 1. The lowest BCUT2D eigenvalue weighted by Gasteiger charge is -2.33. The monoisotopic (exact) mass is 567 g/mol. The van der Waals surface area contributed by atoms with Gasteiger partial charge in [-0.2, -0.15) is 0 Å². The first-order chi connectivity index (χ1) is 19.8. The molecule has 1 aromatic carbocycles. The number of esters is 1. The minimum absolute atomic E-state index is 0.0114. The molecule has 2 fully saturated rings. The first-order valence-corrected chi connectivity index (χ1v) is 14.5. The molecule has 2 heterocycles. The van der Waals surface area contributed by atoms with E-state index >= 15 is 0 Å². The predicted octanol–water partition coefficient (Wildman–Crippen LogP) is 3.01. The molecule has 2 aromatic rings. The Morgan fingerprint density at radius 2 is 2.07 bits per heavy atom. The maximum Gasteiger partial charge on any atom is 0.325 e. The summed E-state index contributed by atoms with van der Waals surface area (Å²) in [5.41, 5.74) is 4.31. The zero-order valence-electron chi connectivity index (χ0n) is 25.1. The number of carbonyl (C=O) groups excluding carboxylic acids is 2. The summed E-state index contributed by atoms with van der Waals surface area (Å²) in [5.74, 6) is 0.525. The number of methoxy groups -OCH3 is 1. The molecule has 2 atom stereocenters. The summed E-state index contributed by atoms with van der Waals surface area (Å²) < 4.78 is 19.1. The van der Waals surface area contributed by atoms with Crippen molar-refractivity contribution in [2.24, 2.45) is 0 Å². The third-order valence-electron chi connectivity index (χ3n) is 7.71. The van der Waals surface area contributed by atoms with Crippen LogP contribution in [0.4, 0.5) is 0 Å². The van der Waals surface area contributed by atoms with Gasteiger partial charge in [-0.1, -0.05) is 6.07 Å². The Bertz CT molecular complexity index is 1250. The Hall–Kier alpha value is -3.05. The number of nitrogens with one attached hydrogen (secondary N) is 1. The minimum Gasteiger partial charge on any atom is -0.461 e. The van der Waals surface area contributed by atoms with Gasteiger partial charge in [0, 0.05) is 52.6 Å². The Labute approximate surface area is 243 Å². The van der Waals surface area contributed by atoms with Crippen LogP contribution in [-0.4, -0.2) is 104 Å². The molecule has 0 bridgehead atoms. The van der Waals surface area contributed by atoms with Gasteiger partial charge in [0.25, 0.3) is 0 Å². The number of imidazole rings is 1. The van der Waals surface area contributed by atoms with Gasteiger partial charge in [-0.25, -0.2) is 4.98 Å². The number of nitrogens with zero attached hydrogens (tertiary/aromatic N) is 4. The predicted molar refractivity (Wildman–Crippen MR) is 159 cm³/mol. The highest BCUT2D eigenvalue weighted by molar-refractivity contribution is 5.86. The van der Waals surface area contributed by atoms with Crippen molar-refractivity contribution >= 4 is 28.9 Å². The second kappa shape index (κ2) is 14.7. The first kappa shape index (κ1) is 30.9. The highest BCUT2D eigenvalue weighted by Crippen LogP contribution is 2.26. The van der Waals surface area contributed by atoms with Crippen molar-refractivity contribution in [2.75, 3.05) is 54.6 Å². The number of carbonyl (C=O) groups is 2. The highest BCUT2D eigenvalue weighted by atomic mass is 16.5. The van der Waals surface area contributed by atoms with Crippen molar-refractivity contribution in [1.29, 1.82) is 0 Å². The third-order valence-corrected chi connectivity index (χ3v) is 7.71. The van der Waals surface area contributed by atoms with E-state index < -0.39 is 6.04 Å². The van der Waals surface area contributed by atoms with Crippen molar-refractivity contribution < 1.29 is 23.8 Å². The lowest BCUT2D eigenvalue weighted by atomic mass is 10.1. The molecule has 1 N–H and O–H groups in total. The van der Waals surface area contributed by atoms with E-state index in [0.29, 0.717) is 25.3 Å². The van der Waals surface area contributed by atoms with E-state index in [9.17, 15) is 9.59 Å². The second-order valence-corrected chi connectivity index (χ2v) is 11.4. The molecule has 2 aliphatic rings. The Balaban J connectivity index is 1.63. The summed E-state index contributed by atoms with van der Waals surface area (Å²) in [6, 6.07) is 5.85. The van der Waals surface area contributed by atoms with Gasteiger partial charge in [-0.15, -0.1) is 0 Å². The molecule has 4 rings (SSSR count). The van der Waals surface area contributed by atoms with Crippen LogP contribution >= 0.6 is 0 Å². The fraction of sp³-hybridized carbons (Fsp3) is 0.581. The molecule has 1 saturated heterocycles. The smallest absolute Gasteiger partial charge is 0.325 e. The van der Waals surface area contributed by atoms with Crippen LogP contribution in [0.3, 0.4) is 0 Å². The summed E-state index contributed by atoms with van der Waals surface area (Å²) in [6.07, 6.45) is 8.81. The Morgan fingerprint density at radius 3 is 2.76 bits per heavy atom. The van der Waals surface area contributed by atoms with E-state index in [1.165, 1.54) is 0 Å². The van der Waals surface area contributed by atoms with Crippen LogP contribution in [0.1, 0.15) is 44.0 Å². The summed E-state index contributed by atoms with van der Waals surface area (Å²) in [5, 5.41) is 3.33. The fourth-order valence-electron chi connectivity index (χ4n) is 5.42. The third kappa shape index (κ3) is 8.25. The van der Waals surface area contributed by atoms with Crippen molar-refractivity contribution in [3.63, 3.8) is 0 Å². The van der Waals surface area contributed by atoms with E-state index in [1.54, 1.807) is 14.0 Å². The molecular weight excluding hydrogens is 522 g/mol. The number of ether oxygens (including phenoxy) is 3. The van der Waals surface area contributed by atoms with Crippen LogP contribution in [-0.2, 0) is 36.9 Å². The van der Waals surface area contributed by atoms with Gasteiger partial charge >= 0.3 is 5.97 Å². The number of hydrogen-bond acceptors (Lipinski definition) is 9. The van der Waals surface area contributed by atoms with Crippen LogP contribution in [0.5, 0.6) is 0 Å². The average molecular weight is 568 g/mol. The molecule has 1 aliphatic heterocycles. The van der Waals surface area contributed by atoms with Gasteiger partial charge < -0.3 is 23.7 Å². The molecule has 0 spiro atoms. The highest BCUT2D eigenvalue weighted by Gasteiger charge is 2.26. The summed E-state index contributed by atoms with van der Waals surface area (Å²) in [6.45, 7) is 5.45. The number of rotatable bonds is 13. The van der Waals surface area contributed by atoms with E-state index in [4.69, 9.17) is 19.2 Å². The van der Waals surface area contributed by atoms with Crippen LogP contribution in [0.25, 0.3) is 16.6 Å². The zero-order chi connectivity index (χ0) is 29.4. The molecule has 10 heteroatoms. The average Bonchev–Trinajstić information content (AvgIpc) is 3.59. The van der Waals surface area contributed by atoms with Crippen molar-refractivity contribution in [3.8, 4) is 0 Å². The van der Waals surface area contributed by atoms with Gasteiger partial charge in [0.05, 0.1) is 36.9 Å². The normalized spacial score (nSPS) is 20.0. The van der Waals surface area contributed by atoms with Gasteiger partial charge in [-0.3, -0.25) is 19.8 Å². The standard InChI is InChI=1S/C31H45N5O5/c1-22(19-37)14-24(17-34(2)3)30-33-27-15-23(10-11-29(27)36(30)18-25-20-40-13-12-35(25)4)16-32-28(21-39-5)31(38)41-26-8-6-7-9-26/h10-11,14-15,17,19,25-26,28,32H,6-9,12-13,16,18,20-21H2,1-5H3/b22-14-,24-17+. The lowest BCUT2D eigenvalue weighted by Crippen LogP contribution is -2.45. The Morgan fingerprint density at radius 1 is 1.29 bits per heavy atom. The van der Waals surface area contributed by atoms with Crippen LogP contribution in [0, 0.1) is 0 Å². The number of morpholine rings is 1. The summed E-state index contributed by atoms with van der Waals surface area (Å²) in [7, 11) is 7.62. The molecular formula is C31H45N5O5. The van der Waals surface area contributed by atoms with E-state index in [-0.39, 0.29) is 24.7 Å². The topological polar surface area (TPSA) is 98.2 Å². The molecule has 0 radical (unpaired) electrons. The molecule has 0 amide bonds. The Kier molecular flexibility index (Phi) is 11.1. The molecule has 224 valence electrons. The quantitative estimate of drug-likeness (QED) is 0.170. The second-order valence-electron chi connectivity index (χ2n) is 11.4. The van der Waals surface area contributed by atoms with Crippen molar-refractivity contribution in [3.05, 3.63) is 47.4 Å². The lowest BCUT2D eigenvalue weighted by molar-refractivity contribution is -0.152. The maximum absolute atomic E-state index is 12.8. The molecule has 10 nitrogen and oxygen atoms in total. The molecule has 1 aliphatic carbocycles. The van der Waals surface area contributed by atoms with Gasteiger partial charge in [0.2, 0.25) is 0 Å². The van der Waals surface area contributed by atoms with Crippen LogP contribution in [0.15, 0.2) is 36.0 Å². The fourth-order valence-corrected chi connectivity index (χ4v) is 5.42. The van der Waals surface area contributed by atoms with Gasteiger partial charge in [0.15, 0.2) is 0 Å². The number of fused-ring (bicyclic) bond motifs is 1. The molecule has 2 unspecified atom stereocenters. The van der Waals surface area contributed by atoms with Crippen LogP contribution in [0.2, 0.25) is 0 Å². The van der Waals surface area contributed by atoms with Gasteiger partial charge in [-0.05, 0) is 69.0 Å². The minimum atomic E-state index is -0.544. The van der Waals surface area contributed by atoms with E-state index in [1.807, 2.05) is 31.3 Å². The molecule has 1 saturated carbocycles. The molecule has 1 aromatic heterocycles.